The van der Waals surface area contributed by atoms with Gasteiger partial charge in [0.15, 0.2) is 0 Å². The fraction of sp³-hybridized carbons (Fsp3) is 0.333. The molecule has 2 heterocycles. The normalized spacial score (nSPS) is 11.9. The lowest BCUT2D eigenvalue weighted by molar-refractivity contribution is 0.516. The topological polar surface area (TPSA) is 51.8 Å². The molecule has 0 fully saturated rings. The monoisotopic (exact) mass is 201 g/mol. The predicted molar refractivity (Wildman–Crippen MR) is 61.5 cm³/mol. The molecule has 0 atom stereocenters. The van der Waals surface area contributed by atoms with Crippen LogP contribution in [0.2, 0.25) is 0 Å². The van der Waals surface area contributed by atoms with E-state index in [2.05, 4.69) is 16.0 Å². The van der Waals surface area contributed by atoms with Crippen molar-refractivity contribution < 1.29 is 0 Å². The van der Waals surface area contributed by atoms with Gasteiger partial charge in [-0.05, 0) is 38.0 Å². The molecular formula is C12H15N3. The summed E-state index contributed by atoms with van der Waals surface area (Å²) in [6.45, 7) is 4.03. The zero-order valence-electron chi connectivity index (χ0n) is 9.07. The third-order valence-electron chi connectivity index (χ3n) is 2.20. The highest BCUT2D eigenvalue weighted by Crippen LogP contribution is 2.15. The van der Waals surface area contributed by atoms with Crippen molar-refractivity contribution >= 4 is 10.9 Å². The van der Waals surface area contributed by atoms with Crippen LogP contribution in [-0.4, -0.2) is 15.5 Å². The molecule has 0 unspecified atom stereocenters. The minimum Gasteiger partial charge on any atom is -0.325 e. The number of pyridine rings is 2. The SMILES string of the molecule is CC(C)(N)Cc1cnc2ccncc2c1. The summed E-state index contributed by atoms with van der Waals surface area (Å²) in [4.78, 5) is 8.45. The number of rotatable bonds is 2. The number of nitrogens with two attached hydrogens (primary N) is 1. The predicted octanol–water partition coefficient (Wildman–Crippen LogP) is 1.91. The maximum Gasteiger partial charge on any atom is 0.0732 e. The summed E-state index contributed by atoms with van der Waals surface area (Å²) >= 11 is 0. The van der Waals surface area contributed by atoms with Gasteiger partial charge in [-0.2, -0.15) is 0 Å². The second kappa shape index (κ2) is 3.59. The molecule has 2 aromatic heterocycles. The summed E-state index contributed by atoms with van der Waals surface area (Å²) in [7, 11) is 0. The highest BCUT2D eigenvalue weighted by Gasteiger charge is 2.11. The van der Waals surface area contributed by atoms with Gasteiger partial charge in [-0.25, -0.2) is 0 Å². The largest absolute Gasteiger partial charge is 0.325 e. The van der Waals surface area contributed by atoms with Crippen LogP contribution in [0.15, 0.2) is 30.7 Å². The summed E-state index contributed by atoms with van der Waals surface area (Å²) in [5, 5.41) is 1.07. The van der Waals surface area contributed by atoms with Gasteiger partial charge in [-0.1, -0.05) is 0 Å². The third kappa shape index (κ3) is 2.50. The van der Waals surface area contributed by atoms with Gasteiger partial charge in [-0.15, -0.1) is 0 Å². The van der Waals surface area contributed by atoms with E-state index in [0.29, 0.717) is 0 Å². The lowest BCUT2D eigenvalue weighted by Gasteiger charge is -2.18. The maximum absolute atomic E-state index is 5.97. The molecule has 0 bridgehead atoms. The molecule has 0 amide bonds. The molecule has 3 nitrogen and oxygen atoms in total. The summed E-state index contributed by atoms with van der Waals surface area (Å²) in [5.41, 5.74) is 7.90. The van der Waals surface area contributed by atoms with Crippen LogP contribution in [0.5, 0.6) is 0 Å². The highest BCUT2D eigenvalue weighted by atomic mass is 14.7. The van der Waals surface area contributed by atoms with E-state index in [1.54, 1.807) is 6.20 Å². The summed E-state index contributed by atoms with van der Waals surface area (Å²) < 4.78 is 0. The Labute approximate surface area is 89.4 Å². The lowest BCUT2D eigenvalue weighted by atomic mass is 9.97. The van der Waals surface area contributed by atoms with Crippen molar-refractivity contribution in [2.75, 3.05) is 0 Å². The van der Waals surface area contributed by atoms with E-state index in [0.717, 1.165) is 22.9 Å². The summed E-state index contributed by atoms with van der Waals surface area (Å²) in [6, 6.07) is 4.01. The van der Waals surface area contributed by atoms with Crippen molar-refractivity contribution in [3.63, 3.8) is 0 Å². The van der Waals surface area contributed by atoms with Crippen molar-refractivity contribution in [1.29, 1.82) is 0 Å². The number of fused-ring (bicyclic) bond motifs is 1. The molecule has 2 rings (SSSR count). The van der Waals surface area contributed by atoms with Gasteiger partial charge in [0, 0.05) is 29.5 Å². The van der Waals surface area contributed by atoms with E-state index in [1.165, 1.54) is 0 Å². The first-order valence-corrected chi connectivity index (χ1v) is 5.02. The number of hydrogen-bond acceptors (Lipinski definition) is 3. The molecule has 2 aromatic rings. The van der Waals surface area contributed by atoms with Gasteiger partial charge >= 0.3 is 0 Å². The Morgan fingerprint density at radius 3 is 2.87 bits per heavy atom. The van der Waals surface area contributed by atoms with Crippen molar-refractivity contribution in [3.05, 3.63) is 36.3 Å². The average Bonchev–Trinajstić information content (AvgIpc) is 2.15. The first-order valence-electron chi connectivity index (χ1n) is 5.02. The Bertz CT molecular complexity index is 471. The Kier molecular flexibility index (Phi) is 2.40. The van der Waals surface area contributed by atoms with Gasteiger partial charge < -0.3 is 5.73 Å². The smallest absolute Gasteiger partial charge is 0.0732 e. The van der Waals surface area contributed by atoms with E-state index in [1.807, 2.05) is 32.3 Å². The average molecular weight is 201 g/mol. The number of aromatic nitrogens is 2. The van der Waals surface area contributed by atoms with Gasteiger partial charge in [0.2, 0.25) is 0 Å². The van der Waals surface area contributed by atoms with Crippen LogP contribution in [0.4, 0.5) is 0 Å². The Balaban J connectivity index is 2.39. The Hall–Kier alpha value is -1.48. The molecule has 0 saturated heterocycles. The fourth-order valence-electron chi connectivity index (χ4n) is 1.64. The van der Waals surface area contributed by atoms with Gasteiger partial charge in [0.1, 0.15) is 0 Å². The van der Waals surface area contributed by atoms with Crippen molar-refractivity contribution in [2.24, 2.45) is 5.73 Å². The zero-order valence-corrected chi connectivity index (χ0v) is 9.07. The van der Waals surface area contributed by atoms with E-state index < -0.39 is 0 Å². The van der Waals surface area contributed by atoms with Crippen LogP contribution >= 0.6 is 0 Å². The summed E-state index contributed by atoms with van der Waals surface area (Å²) in [5.74, 6) is 0. The minimum absolute atomic E-state index is 0.197. The number of hydrogen-bond donors (Lipinski definition) is 1. The Morgan fingerprint density at radius 1 is 1.33 bits per heavy atom. The van der Waals surface area contributed by atoms with Crippen molar-refractivity contribution in [2.45, 2.75) is 25.8 Å². The highest BCUT2D eigenvalue weighted by molar-refractivity contribution is 5.77. The van der Waals surface area contributed by atoms with Gasteiger partial charge in [-0.3, -0.25) is 9.97 Å². The van der Waals surface area contributed by atoms with Crippen LogP contribution < -0.4 is 5.73 Å². The molecule has 15 heavy (non-hydrogen) atoms. The quantitative estimate of drug-likeness (QED) is 0.807. The van der Waals surface area contributed by atoms with Crippen molar-refractivity contribution in [3.8, 4) is 0 Å². The van der Waals surface area contributed by atoms with Crippen LogP contribution in [0, 0.1) is 0 Å². The van der Waals surface area contributed by atoms with E-state index in [4.69, 9.17) is 5.73 Å². The molecule has 3 heteroatoms. The first-order chi connectivity index (χ1) is 7.04. The number of nitrogens with zero attached hydrogens (tertiary/aromatic N) is 2. The summed E-state index contributed by atoms with van der Waals surface area (Å²) in [6.07, 6.45) is 6.29. The molecular weight excluding hydrogens is 186 g/mol. The lowest BCUT2D eigenvalue weighted by Crippen LogP contribution is -2.34. The van der Waals surface area contributed by atoms with E-state index >= 15 is 0 Å². The molecule has 0 saturated carbocycles. The van der Waals surface area contributed by atoms with Crippen molar-refractivity contribution in [1.82, 2.24) is 9.97 Å². The molecule has 78 valence electrons. The molecule has 0 radical (unpaired) electrons. The molecule has 0 aliphatic carbocycles. The van der Waals surface area contributed by atoms with E-state index in [9.17, 15) is 0 Å². The van der Waals surface area contributed by atoms with E-state index in [-0.39, 0.29) is 5.54 Å². The van der Waals surface area contributed by atoms with Crippen LogP contribution in [-0.2, 0) is 6.42 Å². The standard InChI is InChI=1S/C12H15N3/c1-12(2,13)6-9-5-10-8-14-4-3-11(10)15-7-9/h3-5,7-8H,6,13H2,1-2H3. The van der Waals surface area contributed by atoms with Crippen LogP contribution in [0.1, 0.15) is 19.4 Å². The van der Waals surface area contributed by atoms with Gasteiger partial charge in [0.25, 0.3) is 0 Å². The molecule has 0 aliphatic heterocycles. The van der Waals surface area contributed by atoms with Crippen LogP contribution in [0.3, 0.4) is 0 Å². The first kappa shape index (κ1) is 10.1. The maximum atomic E-state index is 5.97. The second-order valence-corrected chi connectivity index (χ2v) is 4.58. The molecule has 0 aliphatic rings. The third-order valence-corrected chi connectivity index (χ3v) is 2.20. The molecule has 0 aromatic carbocycles. The molecule has 0 spiro atoms. The van der Waals surface area contributed by atoms with Gasteiger partial charge in [0.05, 0.1) is 5.52 Å². The second-order valence-electron chi connectivity index (χ2n) is 4.58. The minimum atomic E-state index is -0.197. The zero-order chi connectivity index (χ0) is 10.9. The molecule has 2 N–H and O–H groups in total. The Morgan fingerprint density at radius 2 is 2.13 bits per heavy atom. The fourth-order valence-corrected chi connectivity index (χ4v) is 1.64. The van der Waals surface area contributed by atoms with Crippen LogP contribution in [0.25, 0.3) is 10.9 Å².